The fourth-order valence-corrected chi connectivity index (χ4v) is 4.03. The molecule has 0 spiro atoms. The largest absolute Gasteiger partial charge is 0.507 e. The van der Waals surface area contributed by atoms with Gasteiger partial charge in [-0.15, -0.1) is 0 Å². The quantitative estimate of drug-likeness (QED) is 0.268. The fourth-order valence-electron chi connectivity index (χ4n) is 4.03. The van der Waals surface area contributed by atoms with E-state index in [9.17, 15) is 14.7 Å². The number of fused-ring (bicyclic) bond motifs is 1. The van der Waals surface area contributed by atoms with Gasteiger partial charge in [0.15, 0.2) is 11.5 Å². The highest BCUT2D eigenvalue weighted by molar-refractivity contribution is 6.46. The fraction of sp³-hybridized carbons (Fsp3) is 0.360. The summed E-state index contributed by atoms with van der Waals surface area (Å²) in [7, 11) is 1.58. The van der Waals surface area contributed by atoms with E-state index in [0.29, 0.717) is 54.6 Å². The standard InChI is InChI=1S/C25H27NO7/c1-3-11-31-18-7-4-6-16(13-18)22-21(24(28)25(29)26(22)10-5-12-30-2)23(27)17-8-9-19-20(14-17)33-15-32-19/h4,6-9,13-14,22,27H,3,5,10-12,15H2,1-2H3/b23-21-. The third-order valence-electron chi connectivity index (χ3n) is 5.58. The van der Waals surface area contributed by atoms with Gasteiger partial charge in [0.1, 0.15) is 11.5 Å². The zero-order valence-corrected chi connectivity index (χ0v) is 18.7. The van der Waals surface area contributed by atoms with Crippen LogP contribution in [0.25, 0.3) is 5.76 Å². The number of benzene rings is 2. The van der Waals surface area contributed by atoms with Crippen LogP contribution in [0.4, 0.5) is 0 Å². The Balaban J connectivity index is 1.78. The molecule has 0 aromatic heterocycles. The lowest BCUT2D eigenvalue weighted by atomic mass is 9.95. The van der Waals surface area contributed by atoms with Gasteiger partial charge in [-0.05, 0) is 48.7 Å². The van der Waals surface area contributed by atoms with E-state index in [0.717, 1.165) is 6.42 Å². The highest BCUT2D eigenvalue weighted by atomic mass is 16.7. The van der Waals surface area contributed by atoms with Gasteiger partial charge in [-0.25, -0.2) is 0 Å². The molecule has 4 rings (SSSR count). The first kappa shape index (κ1) is 22.7. The van der Waals surface area contributed by atoms with Gasteiger partial charge in [0.2, 0.25) is 6.79 Å². The molecule has 1 amide bonds. The smallest absolute Gasteiger partial charge is 0.295 e. The number of hydrogen-bond donors (Lipinski definition) is 1. The third kappa shape index (κ3) is 4.52. The van der Waals surface area contributed by atoms with Gasteiger partial charge in [-0.1, -0.05) is 19.1 Å². The number of Topliss-reactive ketones (excluding diaryl/α,β-unsaturated/α-hetero) is 1. The van der Waals surface area contributed by atoms with Crippen molar-refractivity contribution in [2.24, 2.45) is 0 Å². The molecule has 2 aromatic rings. The summed E-state index contributed by atoms with van der Waals surface area (Å²) in [6.07, 6.45) is 1.40. The number of nitrogens with zero attached hydrogens (tertiary/aromatic N) is 1. The zero-order valence-electron chi connectivity index (χ0n) is 18.7. The number of carbonyl (C=O) groups is 2. The lowest BCUT2D eigenvalue weighted by Gasteiger charge is -2.25. The molecule has 8 nitrogen and oxygen atoms in total. The highest BCUT2D eigenvalue weighted by Crippen LogP contribution is 2.42. The maximum absolute atomic E-state index is 13.1. The number of methoxy groups -OCH3 is 1. The average Bonchev–Trinajstić information content (AvgIpc) is 3.40. The first-order valence-electron chi connectivity index (χ1n) is 10.9. The summed E-state index contributed by atoms with van der Waals surface area (Å²) in [5.41, 5.74) is 1.09. The van der Waals surface area contributed by atoms with Gasteiger partial charge in [-0.3, -0.25) is 9.59 Å². The SMILES string of the molecule is CCCOc1cccc(C2/C(=C(/O)c3ccc4c(c3)OCO4)C(=O)C(=O)N2CCCOC)c1. The van der Waals surface area contributed by atoms with Crippen LogP contribution in [0.1, 0.15) is 36.9 Å². The minimum Gasteiger partial charge on any atom is -0.507 e. The molecular weight excluding hydrogens is 426 g/mol. The summed E-state index contributed by atoms with van der Waals surface area (Å²) in [5, 5.41) is 11.2. The van der Waals surface area contributed by atoms with Crippen molar-refractivity contribution in [2.75, 3.05) is 33.7 Å². The second-order valence-corrected chi connectivity index (χ2v) is 7.83. The molecule has 2 aromatic carbocycles. The molecule has 1 N–H and O–H groups in total. The van der Waals surface area contributed by atoms with Crippen molar-refractivity contribution in [2.45, 2.75) is 25.8 Å². The Morgan fingerprint density at radius 2 is 1.94 bits per heavy atom. The Morgan fingerprint density at radius 1 is 1.12 bits per heavy atom. The van der Waals surface area contributed by atoms with Crippen LogP contribution in [-0.4, -0.2) is 55.4 Å². The molecule has 33 heavy (non-hydrogen) atoms. The highest BCUT2D eigenvalue weighted by Gasteiger charge is 2.46. The second-order valence-electron chi connectivity index (χ2n) is 7.83. The molecule has 1 fully saturated rings. The first-order chi connectivity index (χ1) is 16.0. The Bertz CT molecular complexity index is 1080. The number of ether oxygens (including phenoxy) is 4. The van der Waals surface area contributed by atoms with Crippen LogP contribution in [0.3, 0.4) is 0 Å². The number of aliphatic hydroxyl groups excluding tert-OH is 1. The summed E-state index contributed by atoms with van der Waals surface area (Å²) in [5.74, 6) is 0.0280. The van der Waals surface area contributed by atoms with E-state index in [1.54, 1.807) is 25.3 Å². The summed E-state index contributed by atoms with van der Waals surface area (Å²) in [6, 6.07) is 11.4. The molecule has 2 heterocycles. The van der Waals surface area contributed by atoms with Crippen LogP contribution in [-0.2, 0) is 14.3 Å². The minimum atomic E-state index is -0.752. The summed E-state index contributed by atoms with van der Waals surface area (Å²) in [4.78, 5) is 27.6. The number of amides is 1. The van der Waals surface area contributed by atoms with Crippen LogP contribution in [0.5, 0.6) is 17.2 Å². The van der Waals surface area contributed by atoms with Gasteiger partial charge in [-0.2, -0.15) is 0 Å². The molecule has 2 aliphatic heterocycles. The van der Waals surface area contributed by atoms with Crippen LogP contribution >= 0.6 is 0 Å². The number of ketones is 1. The predicted octanol–water partition coefficient (Wildman–Crippen LogP) is 3.66. The number of hydrogen-bond acceptors (Lipinski definition) is 7. The van der Waals surface area contributed by atoms with Crippen molar-refractivity contribution in [3.63, 3.8) is 0 Å². The monoisotopic (exact) mass is 453 g/mol. The van der Waals surface area contributed by atoms with Crippen LogP contribution in [0, 0.1) is 0 Å². The number of aliphatic hydroxyl groups is 1. The average molecular weight is 453 g/mol. The van der Waals surface area contributed by atoms with Crippen LogP contribution < -0.4 is 14.2 Å². The Kier molecular flexibility index (Phi) is 6.84. The first-order valence-corrected chi connectivity index (χ1v) is 10.9. The molecule has 8 heteroatoms. The Labute approximate surface area is 192 Å². The van der Waals surface area contributed by atoms with Gasteiger partial charge < -0.3 is 29.0 Å². The zero-order chi connectivity index (χ0) is 23.4. The summed E-state index contributed by atoms with van der Waals surface area (Å²) in [6.45, 7) is 3.40. The van der Waals surface area contributed by atoms with Gasteiger partial charge in [0.05, 0.1) is 18.2 Å². The van der Waals surface area contributed by atoms with Crippen LogP contribution in [0.15, 0.2) is 48.0 Å². The number of rotatable bonds is 9. The third-order valence-corrected chi connectivity index (χ3v) is 5.58. The van der Waals surface area contributed by atoms with Crippen molar-refractivity contribution in [3.8, 4) is 17.2 Å². The molecular formula is C25H27NO7. The van der Waals surface area contributed by atoms with E-state index >= 15 is 0 Å². The van der Waals surface area contributed by atoms with Gasteiger partial charge in [0, 0.05) is 25.8 Å². The molecule has 1 saturated heterocycles. The number of likely N-dealkylation sites (tertiary alicyclic amines) is 1. The van der Waals surface area contributed by atoms with Crippen molar-refractivity contribution in [3.05, 3.63) is 59.2 Å². The topological polar surface area (TPSA) is 94.5 Å². The summed E-state index contributed by atoms with van der Waals surface area (Å²) < 4.78 is 21.6. The summed E-state index contributed by atoms with van der Waals surface area (Å²) >= 11 is 0. The Hall–Kier alpha value is -3.52. The molecule has 1 atom stereocenters. The van der Waals surface area contributed by atoms with E-state index < -0.39 is 17.7 Å². The molecule has 0 aliphatic carbocycles. The van der Waals surface area contributed by atoms with Crippen molar-refractivity contribution < 1.29 is 33.6 Å². The maximum Gasteiger partial charge on any atom is 0.295 e. The lowest BCUT2D eigenvalue weighted by Crippen LogP contribution is -2.31. The van der Waals surface area contributed by atoms with E-state index in [-0.39, 0.29) is 18.1 Å². The lowest BCUT2D eigenvalue weighted by molar-refractivity contribution is -0.140. The maximum atomic E-state index is 13.1. The van der Waals surface area contributed by atoms with E-state index in [1.165, 1.54) is 4.90 Å². The molecule has 1 unspecified atom stereocenters. The molecule has 0 bridgehead atoms. The molecule has 174 valence electrons. The van der Waals surface area contributed by atoms with Crippen molar-refractivity contribution in [1.29, 1.82) is 0 Å². The predicted molar refractivity (Wildman–Crippen MR) is 120 cm³/mol. The second kappa shape index (κ2) is 9.95. The van der Waals surface area contributed by atoms with E-state index in [1.807, 2.05) is 31.2 Å². The van der Waals surface area contributed by atoms with Gasteiger partial charge >= 0.3 is 0 Å². The minimum absolute atomic E-state index is 0.0314. The molecule has 0 saturated carbocycles. The van der Waals surface area contributed by atoms with E-state index in [4.69, 9.17) is 18.9 Å². The normalized spacial score (nSPS) is 18.7. The van der Waals surface area contributed by atoms with Crippen LogP contribution in [0.2, 0.25) is 0 Å². The number of carbonyl (C=O) groups excluding carboxylic acids is 2. The Morgan fingerprint density at radius 3 is 2.73 bits per heavy atom. The van der Waals surface area contributed by atoms with Crippen molar-refractivity contribution in [1.82, 2.24) is 4.90 Å². The van der Waals surface area contributed by atoms with E-state index in [2.05, 4.69) is 0 Å². The molecule has 2 aliphatic rings. The van der Waals surface area contributed by atoms with Crippen molar-refractivity contribution >= 4 is 17.4 Å². The molecule has 0 radical (unpaired) electrons. The van der Waals surface area contributed by atoms with Gasteiger partial charge in [0.25, 0.3) is 11.7 Å².